The van der Waals surface area contributed by atoms with Gasteiger partial charge in [0.05, 0.1) is 5.69 Å². The van der Waals surface area contributed by atoms with Gasteiger partial charge in [-0.15, -0.1) is 10.2 Å². The first kappa shape index (κ1) is 18.2. The number of benzene rings is 3. The van der Waals surface area contributed by atoms with Gasteiger partial charge in [0.1, 0.15) is 0 Å². The highest BCUT2D eigenvalue weighted by Crippen LogP contribution is 2.31. The summed E-state index contributed by atoms with van der Waals surface area (Å²) in [5.41, 5.74) is 5.81. The van der Waals surface area contributed by atoms with E-state index in [1.807, 2.05) is 18.2 Å². The largest absolute Gasteiger partial charge is 0.275 e. The molecule has 3 nitrogen and oxygen atoms in total. The van der Waals surface area contributed by atoms with E-state index >= 15 is 0 Å². The van der Waals surface area contributed by atoms with Gasteiger partial charge in [-0.3, -0.25) is 4.57 Å². The molecule has 0 fully saturated rings. The molecule has 0 radical (unpaired) electrons. The van der Waals surface area contributed by atoms with Crippen molar-refractivity contribution in [3.05, 3.63) is 90.0 Å². The van der Waals surface area contributed by atoms with Crippen LogP contribution in [0.25, 0.3) is 28.5 Å². The fourth-order valence-corrected chi connectivity index (χ4v) is 3.60. The first-order chi connectivity index (χ1) is 13.6. The van der Waals surface area contributed by atoms with E-state index in [0.29, 0.717) is 5.92 Å². The van der Waals surface area contributed by atoms with Crippen LogP contribution in [0.4, 0.5) is 0 Å². The molecule has 0 unspecified atom stereocenters. The molecule has 3 heteroatoms. The maximum absolute atomic E-state index is 4.61. The molecule has 0 saturated heterocycles. The first-order valence-electron chi connectivity index (χ1n) is 9.79. The number of hydrogen-bond donors (Lipinski definition) is 0. The van der Waals surface area contributed by atoms with E-state index in [-0.39, 0.29) is 0 Å². The average Bonchev–Trinajstić information content (AvgIpc) is 3.13. The van der Waals surface area contributed by atoms with E-state index in [9.17, 15) is 0 Å². The summed E-state index contributed by atoms with van der Waals surface area (Å²) < 4.78 is 2.21. The zero-order valence-corrected chi connectivity index (χ0v) is 16.6. The Labute approximate surface area is 166 Å². The van der Waals surface area contributed by atoms with Gasteiger partial charge < -0.3 is 0 Å². The fraction of sp³-hybridized carbons (Fsp3) is 0.200. The molecule has 3 aromatic carbocycles. The summed E-state index contributed by atoms with van der Waals surface area (Å²) >= 11 is 0. The third-order valence-electron chi connectivity index (χ3n) is 4.83. The first-order valence-corrected chi connectivity index (χ1v) is 9.79. The minimum Gasteiger partial charge on any atom is -0.275 e. The molecule has 0 saturated carbocycles. The second kappa shape index (κ2) is 7.81. The van der Waals surface area contributed by atoms with Crippen molar-refractivity contribution >= 4 is 0 Å². The van der Waals surface area contributed by atoms with Crippen LogP contribution < -0.4 is 0 Å². The summed E-state index contributed by atoms with van der Waals surface area (Å²) in [5, 5.41) is 9.22. The van der Waals surface area contributed by atoms with Crippen LogP contribution in [0.15, 0.2) is 78.9 Å². The minimum atomic E-state index is 0.570. The Morgan fingerprint density at radius 2 is 1.39 bits per heavy atom. The van der Waals surface area contributed by atoms with E-state index in [4.69, 9.17) is 0 Å². The standard InChI is InChI=1S/C25H25N3/c1-18(2)16-21-13-7-8-15-23(21)28-24(20-11-5-4-6-12-20)26-27-25(28)22-14-9-10-19(3)17-22/h4-15,17-18H,16H2,1-3H3. The maximum atomic E-state index is 4.61. The molecule has 0 N–H and O–H groups in total. The molecule has 1 heterocycles. The number of aromatic nitrogens is 3. The number of hydrogen-bond acceptors (Lipinski definition) is 2. The monoisotopic (exact) mass is 367 g/mol. The van der Waals surface area contributed by atoms with Gasteiger partial charge in [-0.25, -0.2) is 0 Å². The van der Waals surface area contributed by atoms with Gasteiger partial charge in [0.25, 0.3) is 0 Å². The highest BCUT2D eigenvalue weighted by atomic mass is 15.3. The second-order valence-electron chi connectivity index (χ2n) is 7.64. The summed E-state index contributed by atoms with van der Waals surface area (Å²) in [7, 11) is 0. The van der Waals surface area contributed by atoms with Gasteiger partial charge in [0, 0.05) is 11.1 Å². The van der Waals surface area contributed by atoms with Crippen molar-refractivity contribution in [3.63, 3.8) is 0 Å². The average molecular weight is 367 g/mol. The smallest absolute Gasteiger partial charge is 0.168 e. The van der Waals surface area contributed by atoms with Gasteiger partial charge in [-0.2, -0.15) is 0 Å². The predicted octanol–water partition coefficient (Wildman–Crippen LogP) is 6.11. The van der Waals surface area contributed by atoms with Crippen LogP contribution in [0.3, 0.4) is 0 Å². The molecule has 28 heavy (non-hydrogen) atoms. The molecule has 140 valence electrons. The Hall–Kier alpha value is -3.20. The predicted molar refractivity (Wildman–Crippen MR) is 116 cm³/mol. The van der Waals surface area contributed by atoms with Crippen LogP contribution in [-0.2, 0) is 6.42 Å². The molecule has 1 aromatic heterocycles. The van der Waals surface area contributed by atoms with E-state index in [0.717, 1.165) is 34.9 Å². The quantitative estimate of drug-likeness (QED) is 0.426. The lowest BCUT2D eigenvalue weighted by Gasteiger charge is -2.16. The van der Waals surface area contributed by atoms with E-state index < -0.39 is 0 Å². The summed E-state index contributed by atoms with van der Waals surface area (Å²) in [6.45, 7) is 6.61. The number of aryl methyl sites for hydroxylation is 1. The number of rotatable bonds is 5. The normalized spacial score (nSPS) is 11.1. The van der Waals surface area contributed by atoms with Gasteiger partial charge in [-0.05, 0) is 37.0 Å². The van der Waals surface area contributed by atoms with Crippen LogP contribution in [0.5, 0.6) is 0 Å². The summed E-state index contributed by atoms with van der Waals surface area (Å²) in [4.78, 5) is 0. The molecule has 0 atom stereocenters. The Bertz CT molecular complexity index is 1080. The molecule has 0 aliphatic carbocycles. The van der Waals surface area contributed by atoms with Crippen LogP contribution in [0.1, 0.15) is 25.0 Å². The van der Waals surface area contributed by atoms with Gasteiger partial charge in [-0.1, -0.05) is 86.1 Å². The Balaban J connectivity index is 1.98. The molecule has 4 aromatic rings. The maximum Gasteiger partial charge on any atom is 0.168 e. The van der Waals surface area contributed by atoms with Crippen molar-refractivity contribution < 1.29 is 0 Å². The van der Waals surface area contributed by atoms with Crippen molar-refractivity contribution in [3.8, 4) is 28.5 Å². The van der Waals surface area contributed by atoms with Crippen molar-refractivity contribution in [1.82, 2.24) is 14.8 Å². The van der Waals surface area contributed by atoms with Crippen molar-refractivity contribution in [2.24, 2.45) is 5.92 Å². The van der Waals surface area contributed by atoms with Crippen molar-refractivity contribution in [2.75, 3.05) is 0 Å². The lowest BCUT2D eigenvalue weighted by Crippen LogP contribution is -2.06. The Morgan fingerprint density at radius 1 is 0.750 bits per heavy atom. The van der Waals surface area contributed by atoms with Crippen LogP contribution in [0, 0.1) is 12.8 Å². The molecule has 0 aliphatic heterocycles. The van der Waals surface area contributed by atoms with E-state index in [1.54, 1.807) is 0 Å². The SMILES string of the molecule is Cc1cccc(-c2nnc(-c3ccccc3)n2-c2ccccc2CC(C)C)c1. The highest BCUT2D eigenvalue weighted by molar-refractivity contribution is 5.68. The van der Waals surface area contributed by atoms with Crippen molar-refractivity contribution in [2.45, 2.75) is 27.2 Å². The van der Waals surface area contributed by atoms with Crippen LogP contribution >= 0.6 is 0 Å². The zero-order valence-electron chi connectivity index (χ0n) is 16.6. The third kappa shape index (κ3) is 3.61. The minimum absolute atomic E-state index is 0.570. The zero-order chi connectivity index (χ0) is 19.5. The molecular weight excluding hydrogens is 342 g/mol. The van der Waals surface area contributed by atoms with Crippen LogP contribution in [0.2, 0.25) is 0 Å². The Morgan fingerprint density at radius 3 is 2.11 bits per heavy atom. The van der Waals surface area contributed by atoms with Crippen molar-refractivity contribution in [1.29, 1.82) is 0 Å². The third-order valence-corrected chi connectivity index (χ3v) is 4.83. The van der Waals surface area contributed by atoms with Gasteiger partial charge in [0.15, 0.2) is 11.6 Å². The summed E-state index contributed by atoms with van der Waals surface area (Å²) in [6, 6.07) is 27.3. The lowest BCUT2D eigenvalue weighted by atomic mass is 10.0. The fourth-order valence-electron chi connectivity index (χ4n) is 3.60. The van der Waals surface area contributed by atoms with E-state index in [2.05, 4.69) is 96.2 Å². The topological polar surface area (TPSA) is 30.7 Å². The molecule has 0 spiro atoms. The molecule has 0 bridgehead atoms. The molecule has 4 rings (SSSR count). The Kier molecular flexibility index (Phi) is 5.07. The summed E-state index contributed by atoms with van der Waals surface area (Å²) in [5.74, 6) is 2.31. The molecule has 0 aliphatic rings. The molecule has 0 amide bonds. The van der Waals surface area contributed by atoms with Gasteiger partial charge in [0.2, 0.25) is 0 Å². The summed E-state index contributed by atoms with van der Waals surface area (Å²) in [6.07, 6.45) is 1.01. The lowest BCUT2D eigenvalue weighted by molar-refractivity contribution is 0.645. The number of para-hydroxylation sites is 1. The van der Waals surface area contributed by atoms with E-state index in [1.165, 1.54) is 11.1 Å². The second-order valence-corrected chi connectivity index (χ2v) is 7.64. The highest BCUT2D eigenvalue weighted by Gasteiger charge is 2.19. The molecular formula is C25H25N3. The van der Waals surface area contributed by atoms with Crippen LogP contribution in [-0.4, -0.2) is 14.8 Å². The number of nitrogens with zero attached hydrogens (tertiary/aromatic N) is 3. The van der Waals surface area contributed by atoms with Gasteiger partial charge >= 0.3 is 0 Å².